The summed E-state index contributed by atoms with van der Waals surface area (Å²) in [5.74, 6) is 2.07. The van der Waals surface area contributed by atoms with E-state index in [0.717, 1.165) is 25.7 Å². The average molecular weight is 515 g/mol. The van der Waals surface area contributed by atoms with Crippen molar-refractivity contribution in [3.63, 3.8) is 0 Å². The average Bonchev–Trinajstić information content (AvgIpc) is 3.37. The molecule has 0 nitrogen and oxygen atoms in total. The molecule has 0 heterocycles. The van der Waals surface area contributed by atoms with E-state index in [1.807, 2.05) is 0 Å². The van der Waals surface area contributed by atoms with Crippen LogP contribution in [0.2, 0.25) is 0 Å². The normalized spacial score (nSPS) is 27.6. The van der Waals surface area contributed by atoms with Crippen LogP contribution in [-0.2, 0) is 6.42 Å². The van der Waals surface area contributed by atoms with Gasteiger partial charge in [-0.05, 0) is 85.3 Å². The van der Waals surface area contributed by atoms with E-state index in [1.165, 1.54) is 55.7 Å². The second-order valence-corrected chi connectivity index (χ2v) is 12.3. The van der Waals surface area contributed by atoms with Gasteiger partial charge in [-0.3, -0.25) is 0 Å². The minimum atomic E-state index is 0.360. The first kappa shape index (κ1) is 27.4. The van der Waals surface area contributed by atoms with Crippen LogP contribution in [0.4, 0.5) is 0 Å². The largest absolute Gasteiger partial charge is 0.0995 e. The maximum Gasteiger partial charge on any atom is 0.0264 e. The van der Waals surface area contributed by atoms with Gasteiger partial charge >= 0.3 is 0 Å². The fourth-order valence-electron chi connectivity index (χ4n) is 7.83. The fourth-order valence-corrected chi connectivity index (χ4v) is 7.83. The van der Waals surface area contributed by atoms with Gasteiger partial charge in [0.2, 0.25) is 0 Å². The zero-order chi connectivity index (χ0) is 27.8. The molecule has 0 aliphatic heterocycles. The minimum Gasteiger partial charge on any atom is -0.0995 e. The van der Waals surface area contributed by atoms with Crippen molar-refractivity contribution >= 4 is 0 Å². The van der Waals surface area contributed by atoms with E-state index in [2.05, 4.69) is 115 Å². The molecule has 0 amide bonds. The second kappa shape index (κ2) is 11.2. The topological polar surface area (TPSA) is 0 Å². The van der Waals surface area contributed by atoms with Gasteiger partial charge in [-0.1, -0.05) is 135 Å². The monoisotopic (exact) mass is 514 g/mol. The molecule has 0 bridgehead atoms. The molecule has 39 heavy (non-hydrogen) atoms. The van der Waals surface area contributed by atoms with Gasteiger partial charge in [0.1, 0.15) is 0 Å². The van der Waals surface area contributed by atoms with Crippen molar-refractivity contribution in [2.24, 2.45) is 17.8 Å². The molecule has 2 aromatic rings. The first-order chi connectivity index (χ1) is 18.7. The molecule has 0 saturated heterocycles. The van der Waals surface area contributed by atoms with E-state index in [-0.39, 0.29) is 0 Å². The summed E-state index contributed by atoms with van der Waals surface area (Å²) in [5, 5.41) is 0. The first-order valence-electron chi connectivity index (χ1n) is 15.1. The van der Waals surface area contributed by atoms with Gasteiger partial charge in [0.15, 0.2) is 0 Å². The number of fused-ring (bicyclic) bond motifs is 1. The molecule has 0 aromatic heterocycles. The van der Waals surface area contributed by atoms with Crippen LogP contribution in [-0.4, -0.2) is 0 Å². The number of benzene rings is 2. The van der Waals surface area contributed by atoms with E-state index in [4.69, 9.17) is 6.58 Å². The Labute approximate surface area is 237 Å². The summed E-state index contributed by atoms with van der Waals surface area (Å²) < 4.78 is 0. The summed E-state index contributed by atoms with van der Waals surface area (Å²) in [7, 11) is 0. The predicted octanol–water partition coefficient (Wildman–Crippen LogP) is 10.8. The summed E-state index contributed by atoms with van der Waals surface area (Å²) in [6.45, 7) is 23.2. The molecule has 5 unspecified atom stereocenters. The van der Waals surface area contributed by atoms with Crippen LogP contribution in [0.15, 0.2) is 119 Å². The van der Waals surface area contributed by atoms with E-state index >= 15 is 0 Å². The molecule has 5 rings (SSSR count). The van der Waals surface area contributed by atoms with Crippen LogP contribution in [0.25, 0.3) is 0 Å². The number of hydrogen-bond donors (Lipinski definition) is 0. The maximum atomic E-state index is 4.81. The van der Waals surface area contributed by atoms with Gasteiger partial charge in [0.25, 0.3) is 0 Å². The minimum absolute atomic E-state index is 0.360. The van der Waals surface area contributed by atoms with Crippen LogP contribution in [0.1, 0.15) is 88.0 Å². The lowest BCUT2D eigenvalue weighted by Crippen LogP contribution is -2.32. The van der Waals surface area contributed by atoms with E-state index in [0.29, 0.717) is 29.6 Å². The quantitative estimate of drug-likeness (QED) is 0.322. The standard InChI is InChI=1S/C39H46/c1-9-13-25(4)36-26(5)21-34-23-33(29(8)38(34)39(36)35-15-12-11-14-30(35)10-2)22-32-20-27(6)37(28(32)7)31-18-16-24(3)17-19-31/h11-12,14-22,26,36-39H,4,8-10,13,23H2,1-3,5-7H3. The summed E-state index contributed by atoms with van der Waals surface area (Å²) in [4.78, 5) is 0. The van der Waals surface area contributed by atoms with E-state index in [9.17, 15) is 0 Å². The van der Waals surface area contributed by atoms with E-state index < -0.39 is 0 Å². The number of aryl methyl sites for hydroxylation is 2. The third-order valence-corrected chi connectivity index (χ3v) is 9.68. The Hall–Kier alpha value is -3.12. The highest BCUT2D eigenvalue weighted by Gasteiger charge is 2.45. The summed E-state index contributed by atoms with van der Waals surface area (Å²) in [6, 6.07) is 18.2. The lowest BCUT2D eigenvalue weighted by Gasteiger charge is -2.42. The van der Waals surface area contributed by atoms with Crippen molar-refractivity contribution in [2.45, 2.75) is 79.1 Å². The number of allylic oxidation sites excluding steroid dienone is 10. The Balaban J connectivity index is 1.55. The highest BCUT2D eigenvalue weighted by atomic mass is 14.5. The van der Waals surface area contributed by atoms with Crippen LogP contribution in [0.3, 0.4) is 0 Å². The molecule has 2 aromatic carbocycles. The molecule has 0 heteroatoms. The molecule has 1 saturated carbocycles. The molecule has 0 N–H and O–H groups in total. The Morgan fingerprint density at radius 2 is 1.72 bits per heavy atom. The van der Waals surface area contributed by atoms with Crippen LogP contribution in [0.5, 0.6) is 0 Å². The molecule has 0 spiro atoms. The molecule has 202 valence electrons. The van der Waals surface area contributed by atoms with Crippen molar-refractivity contribution in [1.82, 2.24) is 0 Å². The zero-order valence-electron chi connectivity index (χ0n) is 25.0. The van der Waals surface area contributed by atoms with Crippen LogP contribution in [0, 0.1) is 24.7 Å². The van der Waals surface area contributed by atoms with Crippen molar-refractivity contribution in [1.29, 1.82) is 0 Å². The van der Waals surface area contributed by atoms with Gasteiger partial charge in [-0.15, -0.1) is 0 Å². The van der Waals surface area contributed by atoms with Gasteiger partial charge in [-0.25, -0.2) is 0 Å². The van der Waals surface area contributed by atoms with Crippen LogP contribution >= 0.6 is 0 Å². The third kappa shape index (κ3) is 5.00. The molecule has 1 fully saturated rings. The van der Waals surface area contributed by atoms with Crippen molar-refractivity contribution in [3.05, 3.63) is 141 Å². The lowest BCUT2D eigenvalue weighted by molar-refractivity contribution is 0.321. The van der Waals surface area contributed by atoms with Crippen molar-refractivity contribution in [2.75, 3.05) is 0 Å². The molecular formula is C39H46. The Bertz CT molecular complexity index is 1400. The SMILES string of the molecule is C=C1C(=CC2=C(C)C(c3ccc(C)cc3)C(C)=C2)CC2=CC(C)C(C(=C)CCC)C(c3ccccc3CC)C12. The van der Waals surface area contributed by atoms with Gasteiger partial charge in [0, 0.05) is 17.8 Å². The van der Waals surface area contributed by atoms with E-state index in [1.54, 1.807) is 5.57 Å². The van der Waals surface area contributed by atoms with Gasteiger partial charge < -0.3 is 0 Å². The smallest absolute Gasteiger partial charge is 0.0264 e. The zero-order valence-corrected chi connectivity index (χ0v) is 25.0. The lowest BCUT2D eigenvalue weighted by atomic mass is 9.61. The molecule has 3 aliphatic rings. The Morgan fingerprint density at radius 1 is 1.00 bits per heavy atom. The highest BCUT2D eigenvalue weighted by Crippen LogP contribution is 2.57. The Kier molecular flexibility index (Phi) is 7.86. The molecule has 3 aliphatic carbocycles. The summed E-state index contributed by atoms with van der Waals surface area (Å²) >= 11 is 0. The van der Waals surface area contributed by atoms with Gasteiger partial charge in [-0.2, -0.15) is 0 Å². The molecule has 0 radical (unpaired) electrons. The second-order valence-electron chi connectivity index (χ2n) is 12.3. The summed E-state index contributed by atoms with van der Waals surface area (Å²) in [6.07, 6.45) is 11.8. The predicted molar refractivity (Wildman–Crippen MR) is 169 cm³/mol. The van der Waals surface area contributed by atoms with Crippen LogP contribution < -0.4 is 0 Å². The van der Waals surface area contributed by atoms with Crippen molar-refractivity contribution in [3.8, 4) is 0 Å². The first-order valence-corrected chi connectivity index (χ1v) is 15.1. The molecule has 5 atom stereocenters. The Morgan fingerprint density at radius 3 is 2.41 bits per heavy atom. The highest BCUT2D eigenvalue weighted by molar-refractivity contribution is 5.60. The number of hydrogen-bond acceptors (Lipinski definition) is 0. The third-order valence-electron chi connectivity index (χ3n) is 9.68. The fraction of sp³-hybridized carbons (Fsp3) is 0.385. The summed E-state index contributed by atoms with van der Waals surface area (Å²) in [5.41, 5.74) is 15.7. The van der Waals surface area contributed by atoms with Crippen molar-refractivity contribution < 1.29 is 0 Å². The van der Waals surface area contributed by atoms with Gasteiger partial charge in [0.05, 0.1) is 0 Å². The number of rotatable bonds is 7. The maximum absolute atomic E-state index is 4.81. The molecular weight excluding hydrogens is 468 g/mol.